The molecule has 1 aromatic heterocycles. The Hall–Kier alpha value is -2.15. The number of nitrogens with one attached hydrogen (secondary N) is 1. The summed E-state index contributed by atoms with van der Waals surface area (Å²) in [6.07, 6.45) is 2.26. The molecule has 7 heteroatoms. The number of carbonyl (C=O) groups excluding carboxylic acids is 2. The van der Waals surface area contributed by atoms with Crippen molar-refractivity contribution in [1.82, 2.24) is 0 Å². The number of hydrogen-bond acceptors (Lipinski definition) is 5. The van der Waals surface area contributed by atoms with Gasteiger partial charge in [-0.25, -0.2) is 9.59 Å². The Morgan fingerprint density at radius 3 is 2.50 bits per heavy atom. The quantitative estimate of drug-likeness (QED) is 0.640. The van der Waals surface area contributed by atoms with Gasteiger partial charge >= 0.3 is 11.9 Å². The van der Waals surface area contributed by atoms with Crippen LogP contribution in [0, 0.1) is 6.92 Å². The van der Waals surface area contributed by atoms with E-state index in [1.54, 1.807) is 0 Å². The molecule has 1 rings (SSSR count). The van der Waals surface area contributed by atoms with Crippen LogP contribution >= 0.6 is 11.3 Å². The summed E-state index contributed by atoms with van der Waals surface area (Å²) < 4.78 is 4.72. The van der Waals surface area contributed by atoms with Crippen molar-refractivity contribution in [3.8, 4) is 0 Å². The summed E-state index contributed by atoms with van der Waals surface area (Å²) >= 11 is 1.26. The molecule has 0 saturated carbocycles. The van der Waals surface area contributed by atoms with Crippen LogP contribution in [-0.4, -0.2) is 30.1 Å². The Labute approximate surface area is 120 Å². The number of thiophene rings is 1. The molecule has 0 aromatic carbocycles. The van der Waals surface area contributed by atoms with Crippen molar-refractivity contribution in [2.24, 2.45) is 0 Å². The summed E-state index contributed by atoms with van der Waals surface area (Å²) in [7, 11) is 1.27. The van der Waals surface area contributed by atoms with Gasteiger partial charge in [-0.1, -0.05) is 6.92 Å². The molecule has 6 nitrogen and oxygen atoms in total. The highest BCUT2D eigenvalue weighted by Crippen LogP contribution is 2.33. The molecule has 1 heterocycles. The monoisotopic (exact) mass is 297 g/mol. The number of rotatable bonds is 5. The lowest BCUT2D eigenvalue weighted by molar-refractivity contribution is -0.131. The first-order valence-electron chi connectivity index (χ1n) is 5.83. The number of aliphatic carboxylic acids is 1. The first kappa shape index (κ1) is 15.9. The van der Waals surface area contributed by atoms with Crippen LogP contribution in [0.3, 0.4) is 0 Å². The number of anilines is 1. The molecule has 0 aliphatic carbocycles. The van der Waals surface area contributed by atoms with E-state index < -0.39 is 17.8 Å². The SMILES string of the molecule is CCc1c(C)sc(NC(=O)/C=C/C(=O)O)c1C(=O)OC. The van der Waals surface area contributed by atoms with Crippen LogP contribution in [0.1, 0.15) is 27.7 Å². The standard InChI is InChI=1S/C13H15NO5S/c1-4-8-7(2)20-12(11(8)13(18)19-3)14-9(15)5-6-10(16)17/h5-6H,4H2,1-3H3,(H,14,15)(H,16,17)/b6-5+. The van der Waals surface area contributed by atoms with Gasteiger partial charge in [-0.3, -0.25) is 4.79 Å². The Bertz CT molecular complexity index is 574. The number of methoxy groups -OCH3 is 1. The molecule has 0 aliphatic heterocycles. The summed E-state index contributed by atoms with van der Waals surface area (Å²) in [6.45, 7) is 3.75. The van der Waals surface area contributed by atoms with Gasteiger partial charge in [0.1, 0.15) is 5.00 Å². The zero-order chi connectivity index (χ0) is 15.3. The van der Waals surface area contributed by atoms with Crippen LogP contribution in [0.25, 0.3) is 0 Å². The minimum atomic E-state index is -1.22. The number of amides is 1. The van der Waals surface area contributed by atoms with E-state index in [1.165, 1.54) is 18.4 Å². The predicted octanol–water partition coefficient (Wildman–Crippen LogP) is 1.98. The second kappa shape index (κ2) is 6.85. The van der Waals surface area contributed by atoms with E-state index in [9.17, 15) is 14.4 Å². The van der Waals surface area contributed by atoms with Crippen molar-refractivity contribution in [1.29, 1.82) is 0 Å². The van der Waals surface area contributed by atoms with Crippen LogP contribution in [0.15, 0.2) is 12.2 Å². The molecular formula is C13H15NO5S. The van der Waals surface area contributed by atoms with Crippen LogP contribution < -0.4 is 5.32 Å². The van der Waals surface area contributed by atoms with E-state index in [2.05, 4.69) is 5.32 Å². The van der Waals surface area contributed by atoms with Gasteiger partial charge in [-0.15, -0.1) is 11.3 Å². The fourth-order valence-corrected chi connectivity index (χ4v) is 2.85. The summed E-state index contributed by atoms with van der Waals surface area (Å²) in [5, 5.41) is 11.3. The van der Waals surface area contributed by atoms with E-state index in [0.29, 0.717) is 17.0 Å². The minimum Gasteiger partial charge on any atom is -0.478 e. The minimum absolute atomic E-state index is 0.328. The third-order valence-electron chi connectivity index (χ3n) is 2.57. The van der Waals surface area contributed by atoms with Crippen molar-refractivity contribution < 1.29 is 24.2 Å². The van der Waals surface area contributed by atoms with Gasteiger partial charge in [0, 0.05) is 17.0 Å². The number of aryl methyl sites for hydroxylation is 1. The van der Waals surface area contributed by atoms with Gasteiger partial charge in [-0.2, -0.15) is 0 Å². The molecule has 20 heavy (non-hydrogen) atoms. The van der Waals surface area contributed by atoms with E-state index >= 15 is 0 Å². The zero-order valence-corrected chi connectivity index (χ0v) is 12.2. The van der Waals surface area contributed by atoms with Gasteiger partial charge in [0.05, 0.1) is 12.7 Å². The Morgan fingerprint density at radius 1 is 1.35 bits per heavy atom. The number of hydrogen-bond donors (Lipinski definition) is 2. The van der Waals surface area contributed by atoms with Crippen molar-refractivity contribution in [2.45, 2.75) is 20.3 Å². The van der Waals surface area contributed by atoms with Crippen LogP contribution in [0.4, 0.5) is 5.00 Å². The van der Waals surface area contributed by atoms with E-state index in [-0.39, 0.29) is 0 Å². The zero-order valence-electron chi connectivity index (χ0n) is 11.4. The maximum atomic E-state index is 11.8. The van der Waals surface area contributed by atoms with Gasteiger partial charge in [0.25, 0.3) is 0 Å². The van der Waals surface area contributed by atoms with Crippen LogP contribution in [0.5, 0.6) is 0 Å². The topological polar surface area (TPSA) is 92.7 Å². The molecule has 108 valence electrons. The lowest BCUT2D eigenvalue weighted by atomic mass is 10.1. The highest BCUT2D eigenvalue weighted by molar-refractivity contribution is 7.16. The van der Waals surface area contributed by atoms with E-state index in [0.717, 1.165) is 22.6 Å². The molecule has 0 bridgehead atoms. The third kappa shape index (κ3) is 3.67. The van der Waals surface area contributed by atoms with Crippen molar-refractivity contribution >= 4 is 34.2 Å². The predicted molar refractivity (Wildman–Crippen MR) is 75.2 cm³/mol. The fraction of sp³-hybridized carbons (Fsp3) is 0.308. The first-order chi connectivity index (χ1) is 9.40. The molecule has 0 atom stereocenters. The summed E-state index contributed by atoms with van der Waals surface area (Å²) in [5.41, 5.74) is 1.15. The van der Waals surface area contributed by atoms with E-state index in [4.69, 9.17) is 9.84 Å². The second-order valence-electron chi connectivity index (χ2n) is 3.85. The molecule has 2 N–H and O–H groups in total. The lowest BCUT2D eigenvalue weighted by Crippen LogP contribution is -2.12. The molecule has 1 amide bonds. The highest BCUT2D eigenvalue weighted by atomic mass is 32.1. The van der Waals surface area contributed by atoms with Crippen molar-refractivity contribution in [3.63, 3.8) is 0 Å². The maximum absolute atomic E-state index is 11.8. The van der Waals surface area contributed by atoms with Gasteiger partial charge in [0.2, 0.25) is 5.91 Å². The first-order valence-corrected chi connectivity index (χ1v) is 6.64. The molecule has 1 aromatic rings. The molecule has 0 radical (unpaired) electrons. The van der Waals surface area contributed by atoms with Crippen molar-refractivity contribution in [2.75, 3.05) is 12.4 Å². The number of carboxylic acid groups (broad SMARTS) is 1. The number of esters is 1. The number of carbonyl (C=O) groups is 3. The largest absolute Gasteiger partial charge is 0.478 e. The summed E-state index contributed by atoms with van der Waals surface area (Å²) in [4.78, 5) is 34.6. The fourth-order valence-electron chi connectivity index (χ4n) is 1.71. The van der Waals surface area contributed by atoms with E-state index in [1.807, 2.05) is 13.8 Å². The average Bonchev–Trinajstić information content (AvgIpc) is 2.71. The molecule has 0 spiro atoms. The smallest absolute Gasteiger partial charge is 0.341 e. The normalized spacial score (nSPS) is 10.6. The number of ether oxygens (including phenoxy) is 1. The molecular weight excluding hydrogens is 282 g/mol. The molecule has 0 fully saturated rings. The molecule has 0 saturated heterocycles. The lowest BCUT2D eigenvalue weighted by Gasteiger charge is -2.05. The maximum Gasteiger partial charge on any atom is 0.341 e. The average molecular weight is 297 g/mol. The van der Waals surface area contributed by atoms with Gasteiger partial charge in [-0.05, 0) is 18.9 Å². The Kier molecular flexibility index (Phi) is 5.45. The van der Waals surface area contributed by atoms with Crippen molar-refractivity contribution in [3.05, 3.63) is 28.2 Å². The summed E-state index contributed by atoms with van der Waals surface area (Å²) in [5.74, 6) is -2.35. The van der Waals surface area contributed by atoms with Crippen LogP contribution in [-0.2, 0) is 20.7 Å². The third-order valence-corrected chi connectivity index (χ3v) is 3.63. The Morgan fingerprint density at radius 2 is 2.00 bits per heavy atom. The second-order valence-corrected chi connectivity index (χ2v) is 5.07. The summed E-state index contributed by atoms with van der Waals surface area (Å²) in [6, 6.07) is 0. The van der Waals surface area contributed by atoms with Crippen LogP contribution in [0.2, 0.25) is 0 Å². The highest BCUT2D eigenvalue weighted by Gasteiger charge is 2.22. The van der Waals surface area contributed by atoms with Gasteiger partial charge < -0.3 is 15.2 Å². The number of carboxylic acids is 1. The van der Waals surface area contributed by atoms with Gasteiger partial charge in [0.15, 0.2) is 0 Å². The molecule has 0 unspecified atom stereocenters. The molecule has 0 aliphatic rings. The Balaban J connectivity index is 3.09.